The van der Waals surface area contributed by atoms with Gasteiger partial charge >= 0.3 is 49.9 Å². The van der Waals surface area contributed by atoms with Crippen LogP contribution in [0.1, 0.15) is 99.9 Å². The maximum atomic E-state index is 14.1. The molecule has 3 aromatic heterocycles. The molecule has 5 heterocycles. The van der Waals surface area contributed by atoms with Crippen molar-refractivity contribution >= 4 is 74.5 Å². The Morgan fingerprint density at radius 2 is 0.531 bits per heavy atom. The largest absolute Gasteiger partial charge is 2.00 e. The van der Waals surface area contributed by atoms with E-state index in [0.29, 0.717) is 66.1 Å². The number of aromatic nitrogens is 8. The topological polar surface area (TPSA) is 248 Å². The first-order valence-corrected chi connectivity index (χ1v) is 33.9. The van der Waals surface area contributed by atoms with Gasteiger partial charge in [-0.25, -0.2) is 9.97 Å². The molecule has 2 aliphatic heterocycles. The average molecular weight is 1230 g/mol. The summed E-state index contributed by atoms with van der Waals surface area (Å²) in [6, 6.07) is 15.3. The van der Waals surface area contributed by atoms with Crippen LogP contribution in [0.5, 0.6) is 0 Å². The van der Waals surface area contributed by atoms with Gasteiger partial charge in [0.1, 0.15) is 0 Å². The molecule has 25 heteroatoms. The molecule has 0 spiro atoms. The van der Waals surface area contributed by atoms with Crippen molar-refractivity contribution in [3.63, 3.8) is 0 Å². The van der Waals surface area contributed by atoms with Crippen LogP contribution in [0, 0.1) is 27.7 Å². The van der Waals surface area contributed by atoms with Crippen LogP contribution in [0.3, 0.4) is 0 Å². The number of rotatable bonds is 24. The van der Waals surface area contributed by atoms with Gasteiger partial charge in [0, 0.05) is 44.8 Å². The van der Waals surface area contributed by atoms with Crippen molar-refractivity contribution in [3.8, 4) is 45.6 Å². The smallest absolute Gasteiger partial charge is 0.357 e. The fraction of sp³-hybridized carbons (Fsp3) is 0.429. The van der Waals surface area contributed by atoms with E-state index >= 15 is 0 Å². The zero-order chi connectivity index (χ0) is 57.3. The molecule has 7 aromatic rings. The van der Waals surface area contributed by atoms with Gasteiger partial charge in [0.2, 0.25) is 0 Å². The maximum absolute atomic E-state index is 14.1. The van der Waals surface area contributed by atoms with E-state index in [1.165, 1.54) is 0 Å². The molecule has 2 aliphatic rings. The number of fused-ring (bicyclic) bond motifs is 20. The zero-order valence-corrected chi connectivity index (χ0v) is 54.6. The molecule has 0 unspecified atom stereocenters. The third kappa shape index (κ3) is 13.2. The second kappa shape index (κ2) is 25.8. The minimum atomic E-state index is -3.59. The summed E-state index contributed by atoms with van der Waals surface area (Å²) in [5.74, 6) is 1.06. The van der Waals surface area contributed by atoms with Crippen LogP contribution in [0.25, 0.3) is 89.7 Å². The summed E-state index contributed by atoms with van der Waals surface area (Å²) < 4.78 is 103. The van der Waals surface area contributed by atoms with E-state index in [9.17, 15) is 18.3 Å². The predicted molar refractivity (Wildman–Crippen MR) is 311 cm³/mol. The van der Waals surface area contributed by atoms with E-state index in [1.807, 2.05) is 76.2 Å². The van der Waals surface area contributed by atoms with E-state index in [0.717, 1.165) is 22.3 Å². The quantitative estimate of drug-likeness (QED) is 0.0403. The van der Waals surface area contributed by atoms with Gasteiger partial charge in [-0.05, 0) is 186 Å². The standard InChI is InChI=1S/C56H68N8O12P4.Zn/c1-13-69-77(65,70-14-2)29-37-25-45-41(21-33(37)9)49-57-53(45)61-50-42-22-34(10)38(30-78(66,71-15-3)72-16-4)26-46(42)55(58-50)63-52-44-24-36(12)40(32-80(68,75-19-7)76-20-8)28-48(44)56(60-52)64-51-43-23-35(11)39(27-47(43)54(59-51)62-49)31-79(67,73-17-5)74-18-6;/h21-28H,13-20,29-32H2,1-12H3;/q-2;+2. The Kier molecular flexibility index (Phi) is 19.9. The van der Waals surface area contributed by atoms with Crippen molar-refractivity contribution in [2.75, 3.05) is 52.9 Å². The van der Waals surface area contributed by atoms with Crippen molar-refractivity contribution in [1.82, 2.24) is 39.9 Å². The first kappa shape index (κ1) is 62.5. The van der Waals surface area contributed by atoms with Crippen LogP contribution < -0.4 is 9.97 Å². The molecule has 81 heavy (non-hydrogen) atoms. The third-order valence-electron chi connectivity index (χ3n) is 13.6. The fourth-order valence-electron chi connectivity index (χ4n) is 10.1. The number of nitrogens with zero attached hydrogens (tertiary/aromatic N) is 8. The molecule has 0 N–H and O–H groups in total. The predicted octanol–water partition coefficient (Wildman–Crippen LogP) is 14.4. The fourth-order valence-corrected chi connectivity index (χ4v) is 17.3. The summed E-state index contributed by atoms with van der Waals surface area (Å²) in [6.07, 6.45) is -0.0533. The SMILES string of the molecule is CCOP(=O)(Cc1cc2c(cc1C)-c1nc-2nc2[n-]c(nc3nc(nc4[n-]c(n1)c1cc(CP(=O)(OCC)OCC)c(C)cc41)-c1cc(CP(=O)(OCC)OCC)c(C)cc1-3)c1cc(CP(=O)(OCC)OCC)c(C)cc21)OCC.[Zn+2]. The normalized spacial score (nSPS) is 12.8. The molecule has 0 atom stereocenters. The minimum Gasteiger partial charge on any atom is -0.357 e. The van der Waals surface area contributed by atoms with Gasteiger partial charge < -0.3 is 66.1 Å². The van der Waals surface area contributed by atoms with Gasteiger partial charge in [-0.1, -0.05) is 12.1 Å². The van der Waals surface area contributed by atoms with Gasteiger partial charge in [0.15, 0.2) is 0 Å². The Balaban J connectivity index is 0.00000860. The molecule has 0 fully saturated rings. The third-order valence-corrected chi connectivity index (χ3v) is 21.7. The first-order valence-electron chi connectivity index (χ1n) is 27.0. The summed E-state index contributed by atoms with van der Waals surface area (Å²) >= 11 is 0. The minimum absolute atomic E-state index is 0. The van der Waals surface area contributed by atoms with E-state index in [2.05, 4.69) is 0 Å². The van der Waals surface area contributed by atoms with Gasteiger partial charge in [-0.2, -0.15) is 0 Å². The van der Waals surface area contributed by atoms with Crippen molar-refractivity contribution < 1.29 is 73.9 Å². The van der Waals surface area contributed by atoms with Crippen LogP contribution in [-0.2, 0) is 98.6 Å². The Morgan fingerprint density at radius 3 is 0.778 bits per heavy atom. The average Bonchev–Trinajstić information content (AvgIpc) is 4.09. The molecule has 0 aliphatic carbocycles. The van der Waals surface area contributed by atoms with E-state index in [4.69, 9.17) is 76.1 Å². The Bertz CT molecular complexity index is 3640. The number of hydrogen-bond acceptors (Lipinski definition) is 18. The summed E-state index contributed by atoms with van der Waals surface area (Å²) in [6.45, 7) is 23.4. The first-order chi connectivity index (χ1) is 38.2. The van der Waals surface area contributed by atoms with E-state index in [1.54, 1.807) is 55.4 Å². The Morgan fingerprint density at radius 1 is 0.321 bits per heavy atom. The van der Waals surface area contributed by atoms with E-state index in [-0.39, 0.29) is 143 Å². The molecular weight excluding hydrogens is 1170 g/mol. The van der Waals surface area contributed by atoms with Crippen molar-refractivity contribution in [3.05, 3.63) is 93.0 Å². The van der Waals surface area contributed by atoms with Gasteiger partial charge in [0.05, 0.1) is 101 Å². The molecule has 426 valence electrons. The Labute approximate surface area is 484 Å². The molecule has 0 amide bonds. The second-order valence-electron chi connectivity index (χ2n) is 19.2. The number of hydrogen-bond donors (Lipinski definition) is 0. The van der Waals surface area contributed by atoms with Gasteiger partial charge in [0.25, 0.3) is 0 Å². The monoisotopic (exact) mass is 1230 g/mol. The number of aryl methyl sites for hydroxylation is 4. The Hall–Kier alpha value is -4.54. The summed E-state index contributed by atoms with van der Waals surface area (Å²) in [5, 5.41) is 2.39. The van der Waals surface area contributed by atoms with E-state index < -0.39 is 30.4 Å². The maximum Gasteiger partial charge on any atom is 2.00 e. The summed E-state index contributed by atoms with van der Waals surface area (Å²) in [4.78, 5) is 41.5. The second-order valence-corrected chi connectivity index (χ2v) is 27.4. The zero-order valence-electron chi connectivity index (χ0n) is 48.1. The van der Waals surface area contributed by atoms with Crippen LogP contribution >= 0.6 is 30.4 Å². The van der Waals surface area contributed by atoms with Crippen molar-refractivity contribution in [2.24, 2.45) is 0 Å². The van der Waals surface area contributed by atoms with Crippen LogP contribution in [0.15, 0.2) is 48.5 Å². The molecule has 4 aromatic carbocycles. The van der Waals surface area contributed by atoms with Crippen LogP contribution in [0.2, 0.25) is 0 Å². The van der Waals surface area contributed by atoms with Gasteiger partial charge in [-0.15, -0.1) is 0 Å². The molecular formula is C56H68N8O12P4Zn. The van der Waals surface area contributed by atoms with Crippen molar-refractivity contribution in [2.45, 2.75) is 108 Å². The number of benzene rings is 4. The molecule has 0 saturated carbocycles. The van der Waals surface area contributed by atoms with Crippen LogP contribution in [-0.4, -0.2) is 82.8 Å². The molecule has 20 nitrogen and oxygen atoms in total. The van der Waals surface area contributed by atoms with Gasteiger partial charge in [-0.3, -0.25) is 18.3 Å². The molecule has 8 bridgehead atoms. The van der Waals surface area contributed by atoms with Crippen LogP contribution in [0.4, 0.5) is 0 Å². The summed E-state index contributed by atoms with van der Waals surface area (Å²) in [7, 11) is -14.3. The molecule has 9 rings (SSSR count). The van der Waals surface area contributed by atoms with Crippen molar-refractivity contribution in [1.29, 1.82) is 0 Å². The molecule has 0 saturated heterocycles. The summed E-state index contributed by atoms with van der Waals surface area (Å²) in [5.41, 5.74) is 9.36. The molecule has 0 radical (unpaired) electrons.